The van der Waals surface area contributed by atoms with Crippen molar-refractivity contribution >= 4 is 21.6 Å². The Labute approximate surface area is 193 Å². The van der Waals surface area contributed by atoms with Gasteiger partial charge in [-0.2, -0.15) is 9.57 Å². The Hall–Kier alpha value is -3.67. The van der Waals surface area contributed by atoms with Crippen molar-refractivity contribution in [1.82, 2.24) is 4.31 Å². The number of sulfonamides is 1. The van der Waals surface area contributed by atoms with Crippen LogP contribution in [0.25, 0.3) is 11.1 Å². The highest BCUT2D eigenvalue weighted by molar-refractivity contribution is 7.89. The molecule has 1 aliphatic rings. The number of amides is 1. The molecular weight excluding hydrogens is 438 g/mol. The Morgan fingerprint density at radius 3 is 2.24 bits per heavy atom. The number of benzene rings is 3. The number of carbonyl (C=O) groups excluding carboxylic acids is 1. The lowest BCUT2D eigenvalue weighted by atomic mass is 10.0. The van der Waals surface area contributed by atoms with Gasteiger partial charge in [0.1, 0.15) is 5.75 Å². The molecule has 3 aromatic rings. The molecule has 1 amide bonds. The summed E-state index contributed by atoms with van der Waals surface area (Å²) < 4.78 is 32.5. The van der Waals surface area contributed by atoms with Gasteiger partial charge in [0.2, 0.25) is 10.0 Å². The van der Waals surface area contributed by atoms with E-state index in [0.29, 0.717) is 30.1 Å². The van der Waals surface area contributed by atoms with Crippen LogP contribution in [0.3, 0.4) is 0 Å². The van der Waals surface area contributed by atoms with E-state index in [1.165, 1.54) is 16.4 Å². The Bertz CT molecular complexity index is 1270. The van der Waals surface area contributed by atoms with Crippen molar-refractivity contribution in [3.05, 3.63) is 78.4 Å². The maximum Gasteiger partial charge on any atom is 0.262 e. The van der Waals surface area contributed by atoms with Crippen molar-refractivity contribution in [2.45, 2.75) is 17.7 Å². The molecule has 0 saturated carbocycles. The SMILES string of the molecule is N#Cc1ccc(-c2ccc(OCC(=O)Nc3cccc(S(=O)(=O)N4CCCC4)c3)cc2)cc1. The fourth-order valence-electron chi connectivity index (χ4n) is 3.64. The van der Waals surface area contributed by atoms with E-state index in [1.54, 1.807) is 36.4 Å². The number of nitrogens with one attached hydrogen (secondary N) is 1. The van der Waals surface area contributed by atoms with Gasteiger partial charge in [-0.25, -0.2) is 8.42 Å². The Kier molecular flexibility index (Phi) is 6.73. The highest BCUT2D eigenvalue weighted by Gasteiger charge is 2.27. The average molecular weight is 462 g/mol. The van der Waals surface area contributed by atoms with E-state index in [-0.39, 0.29) is 17.4 Å². The summed E-state index contributed by atoms with van der Waals surface area (Å²) in [6.07, 6.45) is 1.73. The van der Waals surface area contributed by atoms with Gasteiger partial charge in [0, 0.05) is 18.8 Å². The van der Waals surface area contributed by atoms with Gasteiger partial charge in [-0.1, -0.05) is 30.3 Å². The van der Waals surface area contributed by atoms with Gasteiger partial charge in [-0.05, 0) is 66.4 Å². The smallest absolute Gasteiger partial charge is 0.262 e. The third kappa shape index (κ3) is 5.40. The molecule has 0 bridgehead atoms. The first kappa shape index (κ1) is 22.5. The predicted molar refractivity (Wildman–Crippen MR) is 125 cm³/mol. The van der Waals surface area contributed by atoms with E-state index >= 15 is 0 Å². The fraction of sp³-hybridized carbons (Fsp3) is 0.200. The summed E-state index contributed by atoms with van der Waals surface area (Å²) in [7, 11) is -3.55. The maximum absolute atomic E-state index is 12.7. The molecule has 0 radical (unpaired) electrons. The zero-order valence-corrected chi connectivity index (χ0v) is 18.7. The molecule has 0 unspecified atom stereocenters. The summed E-state index contributed by atoms with van der Waals surface area (Å²) >= 11 is 0. The number of rotatable bonds is 7. The summed E-state index contributed by atoms with van der Waals surface area (Å²) in [4.78, 5) is 12.5. The van der Waals surface area contributed by atoms with E-state index in [2.05, 4.69) is 11.4 Å². The van der Waals surface area contributed by atoms with Crippen molar-refractivity contribution in [2.75, 3.05) is 25.0 Å². The van der Waals surface area contributed by atoms with Crippen LogP contribution in [0, 0.1) is 11.3 Å². The molecule has 8 heteroatoms. The van der Waals surface area contributed by atoms with Gasteiger partial charge in [0.05, 0.1) is 16.5 Å². The number of ether oxygens (including phenoxy) is 1. The summed E-state index contributed by atoms with van der Waals surface area (Å²) in [5.74, 6) is 0.148. The summed E-state index contributed by atoms with van der Waals surface area (Å²) in [5.41, 5.74) is 2.94. The molecule has 1 saturated heterocycles. The molecule has 1 heterocycles. The van der Waals surface area contributed by atoms with Crippen LogP contribution < -0.4 is 10.1 Å². The molecule has 4 rings (SSSR count). The lowest BCUT2D eigenvalue weighted by Gasteiger charge is -2.16. The second-order valence-electron chi connectivity index (χ2n) is 7.69. The monoisotopic (exact) mass is 461 g/mol. The summed E-state index contributed by atoms with van der Waals surface area (Å²) in [5, 5.41) is 11.6. The van der Waals surface area contributed by atoms with Crippen LogP contribution in [0.1, 0.15) is 18.4 Å². The van der Waals surface area contributed by atoms with Gasteiger partial charge in [0.15, 0.2) is 6.61 Å². The molecule has 168 valence electrons. The van der Waals surface area contributed by atoms with Crippen LogP contribution in [-0.2, 0) is 14.8 Å². The molecule has 0 spiro atoms. The zero-order valence-electron chi connectivity index (χ0n) is 17.9. The molecule has 7 nitrogen and oxygen atoms in total. The predicted octanol–water partition coefficient (Wildman–Crippen LogP) is 4.03. The van der Waals surface area contributed by atoms with Crippen LogP contribution in [0.15, 0.2) is 77.7 Å². The topological polar surface area (TPSA) is 99.5 Å². The van der Waals surface area contributed by atoms with Crippen molar-refractivity contribution in [3.8, 4) is 22.9 Å². The van der Waals surface area contributed by atoms with Gasteiger partial charge >= 0.3 is 0 Å². The van der Waals surface area contributed by atoms with Crippen LogP contribution in [0.5, 0.6) is 5.75 Å². The lowest BCUT2D eigenvalue weighted by molar-refractivity contribution is -0.118. The third-order valence-corrected chi connectivity index (χ3v) is 7.29. The van der Waals surface area contributed by atoms with E-state index in [0.717, 1.165) is 24.0 Å². The third-order valence-electron chi connectivity index (χ3n) is 5.39. The highest BCUT2D eigenvalue weighted by Crippen LogP contribution is 2.24. The molecule has 1 aliphatic heterocycles. The number of anilines is 1. The first-order valence-corrected chi connectivity index (χ1v) is 12.0. The maximum atomic E-state index is 12.7. The minimum Gasteiger partial charge on any atom is -0.484 e. The largest absolute Gasteiger partial charge is 0.484 e. The molecule has 33 heavy (non-hydrogen) atoms. The molecular formula is C25H23N3O4S. The van der Waals surface area contributed by atoms with Crippen LogP contribution in [0.2, 0.25) is 0 Å². The van der Waals surface area contributed by atoms with Crippen LogP contribution >= 0.6 is 0 Å². The fourth-order valence-corrected chi connectivity index (χ4v) is 5.20. The van der Waals surface area contributed by atoms with E-state index < -0.39 is 10.0 Å². The molecule has 3 aromatic carbocycles. The molecule has 0 aromatic heterocycles. The molecule has 1 fully saturated rings. The minimum absolute atomic E-state index is 0.168. The standard InChI is InChI=1S/C25H23N3O4S/c26-17-19-6-8-20(9-7-19)21-10-12-23(13-11-21)32-18-25(29)27-22-4-3-5-24(16-22)33(30,31)28-14-1-2-15-28/h3-13,16H,1-2,14-15,18H2,(H,27,29). The lowest BCUT2D eigenvalue weighted by Crippen LogP contribution is -2.28. The van der Waals surface area contributed by atoms with Crippen molar-refractivity contribution in [1.29, 1.82) is 5.26 Å². The average Bonchev–Trinajstić information content (AvgIpc) is 3.39. The molecule has 0 atom stereocenters. The summed E-state index contributed by atoms with van der Waals surface area (Å²) in [6, 6.07) is 22.9. The number of nitriles is 1. The van der Waals surface area contributed by atoms with Crippen molar-refractivity contribution < 1.29 is 17.9 Å². The number of nitrogens with zero attached hydrogens (tertiary/aromatic N) is 2. The molecule has 0 aliphatic carbocycles. The Morgan fingerprint density at radius 2 is 1.61 bits per heavy atom. The number of hydrogen-bond acceptors (Lipinski definition) is 5. The van der Waals surface area contributed by atoms with Gasteiger partial charge in [0.25, 0.3) is 5.91 Å². The van der Waals surface area contributed by atoms with E-state index in [1.807, 2.05) is 24.3 Å². The number of hydrogen-bond donors (Lipinski definition) is 1. The number of carbonyl (C=O) groups is 1. The van der Waals surface area contributed by atoms with Gasteiger partial charge in [-0.3, -0.25) is 4.79 Å². The van der Waals surface area contributed by atoms with Gasteiger partial charge in [-0.15, -0.1) is 0 Å². The summed E-state index contributed by atoms with van der Waals surface area (Å²) in [6.45, 7) is 0.840. The quantitative estimate of drug-likeness (QED) is 0.573. The second-order valence-corrected chi connectivity index (χ2v) is 9.63. The first-order chi connectivity index (χ1) is 16.0. The normalized spacial score (nSPS) is 13.9. The van der Waals surface area contributed by atoms with E-state index in [9.17, 15) is 13.2 Å². The van der Waals surface area contributed by atoms with Crippen molar-refractivity contribution in [3.63, 3.8) is 0 Å². The van der Waals surface area contributed by atoms with Crippen LogP contribution in [0.4, 0.5) is 5.69 Å². The second kappa shape index (κ2) is 9.86. The van der Waals surface area contributed by atoms with E-state index in [4.69, 9.17) is 10.00 Å². The zero-order chi connectivity index (χ0) is 23.3. The van der Waals surface area contributed by atoms with Crippen molar-refractivity contribution in [2.24, 2.45) is 0 Å². The minimum atomic E-state index is -3.55. The first-order valence-electron chi connectivity index (χ1n) is 10.6. The van der Waals surface area contributed by atoms with Crippen LogP contribution in [-0.4, -0.2) is 38.3 Å². The molecule has 1 N–H and O–H groups in total. The Balaban J connectivity index is 1.34. The highest BCUT2D eigenvalue weighted by atomic mass is 32.2. The Morgan fingerprint density at radius 1 is 0.970 bits per heavy atom. The van der Waals surface area contributed by atoms with Gasteiger partial charge < -0.3 is 10.1 Å².